The van der Waals surface area contributed by atoms with Crippen molar-refractivity contribution in [3.63, 3.8) is 0 Å². The third kappa shape index (κ3) is 8.29. The molecule has 0 spiro atoms. The minimum atomic E-state index is -3.53. The van der Waals surface area contributed by atoms with Crippen LogP contribution < -0.4 is 4.74 Å². The van der Waals surface area contributed by atoms with Crippen molar-refractivity contribution in [1.29, 1.82) is 0 Å². The lowest BCUT2D eigenvalue weighted by molar-refractivity contribution is 0.0481. The first kappa shape index (κ1) is 18.3. The van der Waals surface area contributed by atoms with Crippen molar-refractivity contribution in [1.82, 2.24) is 0 Å². The molecule has 1 rings (SSSR count). The summed E-state index contributed by atoms with van der Waals surface area (Å²) < 4.78 is 33.5. The number of hydrogen-bond donors (Lipinski definition) is 0. The van der Waals surface area contributed by atoms with Gasteiger partial charge >= 0.3 is 0 Å². The molecule has 0 aromatic heterocycles. The van der Waals surface area contributed by atoms with Crippen LogP contribution in [0.25, 0.3) is 0 Å². The molecule has 0 radical (unpaired) electrons. The molecule has 0 fully saturated rings. The van der Waals surface area contributed by atoms with Crippen LogP contribution in [0, 0.1) is 11.3 Å². The lowest BCUT2D eigenvalue weighted by Gasteiger charge is -2.29. The van der Waals surface area contributed by atoms with Gasteiger partial charge in [-0.15, -0.1) is 0 Å². The van der Waals surface area contributed by atoms with E-state index in [1.807, 2.05) is 51.1 Å². The van der Waals surface area contributed by atoms with Crippen molar-refractivity contribution in [3.05, 3.63) is 30.3 Å². The largest absolute Gasteiger partial charge is 0.491 e. The van der Waals surface area contributed by atoms with Crippen molar-refractivity contribution in [2.75, 3.05) is 25.6 Å². The van der Waals surface area contributed by atoms with Crippen LogP contribution in [0.15, 0.2) is 30.3 Å². The summed E-state index contributed by atoms with van der Waals surface area (Å²) in [5.41, 5.74) is -0.192. The normalized spacial score (nSPS) is 13.9. The summed E-state index contributed by atoms with van der Waals surface area (Å²) in [6, 6.07) is 9.47. The van der Waals surface area contributed by atoms with E-state index in [1.165, 1.54) is 0 Å². The van der Waals surface area contributed by atoms with E-state index in [0.717, 1.165) is 5.75 Å². The van der Waals surface area contributed by atoms with Crippen molar-refractivity contribution in [2.45, 2.75) is 20.8 Å². The topological polar surface area (TPSA) is 52.6 Å². The summed E-state index contributed by atoms with van der Waals surface area (Å²) in [6.07, 6.45) is 0. The quantitative estimate of drug-likeness (QED) is 0.540. The first-order chi connectivity index (χ1) is 9.68. The molecule has 0 saturated heterocycles. The van der Waals surface area contributed by atoms with Crippen LogP contribution in [0.1, 0.15) is 20.8 Å². The van der Waals surface area contributed by atoms with E-state index in [0.29, 0.717) is 19.8 Å². The van der Waals surface area contributed by atoms with Crippen LogP contribution in [0.4, 0.5) is 0 Å². The first-order valence-corrected chi connectivity index (χ1v) is 9.34. The van der Waals surface area contributed by atoms with Gasteiger partial charge in [-0.1, -0.05) is 39.0 Å². The molecule has 1 unspecified atom stereocenters. The van der Waals surface area contributed by atoms with Gasteiger partial charge in [-0.2, -0.15) is 0 Å². The molecule has 0 heterocycles. The number of hydrogen-bond acceptors (Lipinski definition) is 4. The molecule has 0 aliphatic heterocycles. The van der Waals surface area contributed by atoms with E-state index in [2.05, 4.69) is 0 Å². The van der Waals surface area contributed by atoms with Gasteiger partial charge < -0.3 is 9.47 Å². The lowest BCUT2D eigenvalue weighted by Crippen LogP contribution is -2.31. The molecule has 0 bridgehead atoms. The first-order valence-electron chi connectivity index (χ1n) is 6.86. The fourth-order valence-electron chi connectivity index (χ4n) is 1.75. The molecule has 0 amide bonds. The van der Waals surface area contributed by atoms with E-state index < -0.39 is 9.05 Å². The molecular formula is C15H23ClO4S. The number of para-hydroxylation sites is 1. The summed E-state index contributed by atoms with van der Waals surface area (Å²) in [5.74, 6) is 0.547. The maximum Gasteiger partial charge on any atom is 0.232 e. The zero-order valence-electron chi connectivity index (χ0n) is 12.7. The van der Waals surface area contributed by atoms with Crippen molar-refractivity contribution < 1.29 is 17.9 Å². The Balaban J connectivity index is 2.34. The Morgan fingerprint density at radius 1 is 1.14 bits per heavy atom. The molecule has 1 atom stereocenters. The van der Waals surface area contributed by atoms with Gasteiger partial charge in [0.1, 0.15) is 12.4 Å². The Kier molecular flexibility index (Phi) is 6.97. The number of halogens is 1. The SMILES string of the molecule is CC(C)(C)C(COCCOc1ccccc1)CS(=O)(=O)Cl. The molecule has 0 N–H and O–H groups in total. The Morgan fingerprint density at radius 3 is 2.29 bits per heavy atom. The Hall–Kier alpha value is -0.780. The number of benzene rings is 1. The Labute approximate surface area is 131 Å². The van der Waals surface area contributed by atoms with E-state index in [1.54, 1.807) is 0 Å². The predicted octanol–water partition coefficient (Wildman–Crippen LogP) is 3.31. The summed E-state index contributed by atoms with van der Waals surface area (Å²) in [5, 5.41) is 0. The fourth-order valence-corrected chi connectivity index (χ4v) is 3.28. The van der Waals surface area contributed by atoms with Gasteiger partial charge in [0.2, 0.25) is 9.05 Å². The molecule has 21 heavy (non-hydrogen) atoms. The average molecular weight is 335 g/mol. The minimum absolute atomic E-state index is 0.0857. The van der Waals surface area contributed by atoms with Crippen LogP contribution in [0.3, 0.4) is 0 Å². The third-order valence-electron chi connectivity index (χ3n) is 3.18. The lowest BCUT2D eigenvalue weighted by atomic mass is 9.82. The molecule has 120 valence electrons. The molecule has 1 aromatic carbocycles. The van der Waals surface area contributed by atoms with Gasteiger partial charge in [0.15, 0.2) is 0 Å². The fraction of sp³-hybridized carbons (Fsp3) is 0.600. The van der Waals surface area contributed by atoms with Gasteiger partial charge in [-0.3, -0.25) is 0 Å². The van der Waals surface area contributed by atoms with Gasteiger partial charge in [0, 0.05) is 16.6 Å². The molecule has 1 aromatic rings. The highest BCUT2D eigenvalue weighted by Gasteiger charge is 2.29. The summed E-state index contributed by atoms with van der Waals surface area (Å²) in [6.45, 7) is 7.10. The maximum atomic E-state index is 11.2. The average Bonchev–Trinajstić information content (AvgIpc) is 2.35. The number of ether oxygens (including phenoxy) is 2. The van der Waals surface area contributed by atoms with Gasteiger partial charge in [-0.05, 0) is 17.5 Å². The van der Waals surface area contributed by atoms with E-state index in [-0.39, 0.29) is 17.1 Å². The van der Waals surface area contributed by atoms with E-state index >= 15 is 0 Å². The molecule has 4 nitrogen and oxygen atoms in total. The van der Waals surface area contributed by atoms with Crippen LogP contribution >= 0.6 is 10.7 Å². The molecule has 6 heteroatoms. The monoisotopic (exact) mass is 334 g/mol. The summed E-state index contributed by atoms with van der Waals surface area (Å²) in [4.78, 5) is 0. The molecule has 0 saturated carbocycles. The van der Waals surface area contributed by atoms with E-state index in [9.17, 15) is 8.42 Å². The van der Waals surface area contributed by atoms with Crippen molar-refractivity contribution in [3.8, 4) is 5.75 Å². The summed E-state index contributed by atoms with van der Waals surface area (Å²) >= 11 is 0. The zero-order valence-corrected chi connectivity index (χ0v) is 14.3. The van der Waals surface area contributed by atoms with Crippen LogP contribution in [0.2, 0.25) is 0 Å². The summed E-state index contributed by atoms with van der Waals surface area (Å²) in [7, 11) is 1.81. The van der Waals surface area contributed by atoms with Crippen LogP contribution in [-0.2, 0) is 13.8 Å². The molecular weight excluding hydrogens is 312 g/mol. The minimum Gasteiger partial charge on any atom is -0.491 e. The Morgan fingerprint density at radius 2 is 1.76 bits per heavy atom. The standard InChI is InChI=1S/C15H23ClO4S/c1-15(2,3)13(12-21(16,17)18)11-19-9-10-20-14-7-5-4-6-8-14/h4-8,13H,9-12H2,1-3H3. The van der Waals surface area contributed by atoms with Crippen molar-refractivity contribution >= 4 is 19.7 Å². The zero-order chi connectivity index (χ0) is 15.9. The highest BCUT2D eigenvalue weighted by atomic mass is 35.7. The van der Waals surface area contributed by atoms with E-state index in [4.69, 9.17) is 20.2 Å². The van der Waals surface area contributed by atoms with Crippen molar-refractivity contribution in [2.24, 2.45) is 11.3 Å². The second-order valence-electron chi connectivity index (χ2n) is 6.00. The van der Waals surface area contributed by atoms with Crippen LogP contribution in [-0.4, -0.2) is 34.0 Å². The van der Waals surface area contributed by atoms with Crippen LogP contribution in [0.5, 0.6) is 5.75 Å². The van der Waals surface area contributed by atoms with Gasteiger partial charge in [0.25, 0.3) is 0 Å². The third-order valence-corrected chi connectivity index (χ3v) is 4.36. The maximum absolute atomic E-state index is 11.2. The van der Waals surface area contributed by atoms with Gasteiger partial charge in [0.05, 0.1) is 19.0 Å². The second-order valence-corrected chi connectivity index (χ2v) is 8.83. The predicted molar refractivity (Wildman–Crippen MR) is 85.3 cm³/mol. The Bertz CT molecular complexity index is 508. The highest BCUT2D eigenvalue weighted by Crippen LogP contribution is 2.28. The number of rotatable bonds is 8. The molecule has 0 aliphatic carbocycles. The molecule has 0 aliphatic rings. The second kappa shape index (κ2) is 8.01. The smallest absolute Gasteiger partial charge is 0.232 e. The highest BCUT2D eigenvalue weighted by molar-refractivity contribution is 8.13. The van der Waals surface area contributed by atoms with Gasteiger partial charge in [-0.25, -0.2) is 8.42 Å².